The maximum absolute atomic E-state index is 5.13. The van der Waals surface area contributed by atoms with Gasteiger partial charge >= 0.3 is 0 Å². The van der Waals surface area contributed by atoms with Gasteiger partial charge in [0.2, 0.25) is 0 Å². The van der Waals surface area contributed by atoms with Crippen molar-refractivity contribution in [2.24, 2.45) is 0 Å². The maximum Gasteiger partial charge on any atom is 0.0589 e. The molecule has 0 aliphatic carbocycles. The van der Waals surface area contributed by atoms with Gasteiger partial charge < -0.3 is 10.1 Å². The molecule has 0 saturated carbocycles. The van der Waals surface area contributed by atoms with Gasteiger partial charge in [0.1, 0.15) is 0 Å². The maximum atomic E-state index is 5.13. The molecule has 18 heavy (non-hydrogen) atoms. The highest BCUT2D eigenvalue weighted by molar-refractivity contribution is 9.10. The number of halogens is 1. The van der Waals surface area contributed by atoms with Crippen LogP contribution in [-0.2, 0) is 4.74 Å². The summed E-state index contributed by atoms with van der Waals surface area (Å²) >= 11 is 3.47. The largest absolute Gasteiger partial charge is 0.384 e. The Labute approximate surface area is 119 Å². The van der Waals surface area contributed by atoms with E-state index in [0.717, 1.165) is 36.4 Å². The first-order chi connectivity index (χ1) is 8.63. The van der Waals surface area contributed by atoms with Crippen molar-refractivity contribution in [1.29, 1.82) is 0 Å². The summed E-state index contributed by atoms with van der Waals surface area (Å²) in [6.07, 6.45) is 0. The van der Waals surface area contributed by atoms with Crippen molar-refractivity contribution < 1.29 is 4.74 Å². The third-order valence-electron chi connectivity index (χ3n) is 2.87. The smallest absolute Gasteiger partial charge is 0.0589 e. The Morgan fingerprint density at radius 1 is 1.33 bits per heavy atom. The molecule has 0 spiro atoms. The van der Waals surface area contributed by atoms with Crippen LogP contribution in [0.4, 0.5) is 5.69 Å². The number of methoxy groups -OCH3 is 1. The molecule has 0 amide bonds. The molecule has 1 N–H and O–H groups in total. The number of nitrogens with one attached hydrogen (secondary N) is 1. The van der Waals surface area contributed by atoms with Crippen molar-refractivity contribution in [2.45, 2.75) is 19.9 Å². The first kappa shape index (κ1) is 15.5. The summed E-state index contributed by atoms with van der Waals surface area (Å²) in [6, 6.07) is 8.79. The van der Waals surface area contributed by atoms with Crippen LogP contribution in [0.2, 0.25) is 0 Å². The average Bonchev–Trinajstić information content (AvgIpc) is 2.33. The average molecular weight is 315 g/mol. The third kappa shape index (κ3) is 5.85. The van der Waals surface area contributed by atoms with Crippen LogP contribution in [0.25, 0.3) is 0 Å². The molecule has 1 rings (SSSR count). The van der Waals surface area contributed by atoms with Crippen LogP contribution in [0, 0.1) is 0 Å². The van der Waals surface area contributed by atoms with E-state index in [4.69, 9.17) is 4.74 Å². The molecule has 3 nitrogen and oxygen atoms in total. The SMILES string of the molecule is COCCN(CCNc1cccc(Br)c1)C(C)C. The van der Waals surface area contributed by atoms with E-state index in [1.54, 1.807) is 7.11 Å². The minimum Gasteiger partial charge on any atom is -0.384 e. The number of nitrogens with zero attached hydrogens (tertiary/aromatic N) is 1. The normalized spacial score (nSPS) is 11.2. The van der Waals surface area contributed by atoms with E-state index in [9.17, 15) is 0 Å². The van der Waals surface area contributed by atoms with Gasteiger partial charge in [0, 0.05) is 42.9 Å². The lowest BCUT2D eigenvalue weighted by Gasteiger charge is -2.26. The second kappa shape index (κ2) is 8.51. The first-order valence-corrected chi connectivity index (χ1v) is 7.15. The highest BCUT2D eigenvalue weighted by Gasteiger charge is 2.08. The van der Waals surface area contributed by atoms with Crippen molar-refractivity contribution in [2.75, 3.05) is 38.7 Å². The van der Waals surface area contributed by atoms with E-state index in [0.29, 0.717) is 6.04 Å². The quantitative estimate of drug-likeness (QED) is 0.797. The number of hydrogen-bond donors (Lipinski definition) is 1. The molecule has 0 unspecified atom stereocenters. The van der Waals surface area contributed by atoms with Crippen LogP contribution in [0.3, 0.4) is 0 Å². The fraction of sp³-hybridized carbons (Fsp3) is 0.571. The molecular weight excluding hydrogens is 292 g/mol. The van der Waals surface area contributed by atoms with Crippen molar-refractivity contribution >= 4 is 21.6 Å². The van der Waals surface area contributed by atoms with Gasteiger partial charge in [-0.15, -0.1) is 0 Å². The molecule has 0 radical (unpaired) electrons. The van der Waals surface area contributed by atoms with E-state index in [2.05, 4.69) is 52.1 Å². The second-order valence-corrected chi connectivity index (χ2v) is 5.48. The zero-order valence-corrected chi connectivity index (χ0v) is 13.0. The number of hydrogen-bond acceptors (Lipinski definition) is 3. The Morgan fingerprint density at radius 3 is 2.72 bits per heavy atom. The molecule has 0 saturated heterocycles. The van der Waals surface area contributed by atoms with Gasteiger partial charge in [-0.25, -0.2) is 0 Å². The van der Waals surface area contributed by atoms with E-state index in [1.165, 1.54) is 0 Å². The van der Waals surface area contributed by atoms with E-state index >= 15 is 0 Å². The summed E-state index contributed by atoms with van der Waals surface area (Å²) in [7, 11) is 1.75. The Balaban J connectivity index is 2.34. The molecule has 1 aromatic rings. The topological polar surface area (TPSA) is 24.5 Å². The Bertz CT molecular complexity index is 344. The summed E-state index contributed by atoms with van der Waals surface area (Å²) in [6.45, 7) is 8.17. The van der Waals surface area contributed by atoms with Gasteiger partial charge in [0.25, 0.3) is 0 Å². The predicted octanol–water partition coefficient (Wildman–Crippen LogP) is 3.22. The van der Waals surface area contributed by atoms with E-state index < -0.39 is 0 Å². The Hall–Kier alpha value is -0.580. The molecule has 0 bridgehead atoms. The Morgan fingerprint density at radius 2 is 2.11 bits per heavy atom. The number of benzene rings is 1. The number of rotatable bonds is 8. The molecule has 0 heterocycles. The van der Waals surface area contributed by atoms with Crippen LogP contribution in [0.15, 0.2) is 28.7 Å². The molecule has 102 valence electrons. The standard InChI is InChI=1S/C14H23BrN2O/c1-12(2)17(9-10-18-3)8-7-16-14-6-4-5-13(15)11-14/h4-6,11-12,16H,7-10H2,1-3H3. The van der Waals surface area contributed by atoms with Crippen molar-refractivity contribution in [1.82, 2.24) is 4.90 Å². The summed E-state index contributed by atoms with van der Waals surface area (Å²) in [5, 5.41) is 3.43. The molecule has 4 heteroatoms. The van der Waals surface area contributed by atoms with Crippen LogP contribution in [0.1, 0.15) is 13.8 Å². The summed E-state index contributed by atoms with van der Waals surface area (Å²) in [5.41, 5.74) is 1.15. The van der Waals surface area contributed by atoms with Gasteiger partial charge in [-0.2, -0.15) is 0 Å². The minimum atomic E-state index is 0.546. The molecule has 0 fully saturated rings. The minimum absolute atomic E-state index is 0.546. The molecular formula is C14H23BrN2O. The first-order valence-electron chi connectivity index (χ1n) is 6.36. The van der Waals surface area contributed by atoms with Crippen molar-refractivity contribution in [3.63, 3.8) is 0 Å². The number of ether oxygens (including phenoxy) is 1. The van der Waals surface area contributed by atoms with Crippen LogP contribution in [0.5, 0.6) is 0 Å². The third-order valence-corrected chi connectivity index (χ3v) is 3.36. The van der Waals surface area contributed by atoms with E-state index in [1.807, 2.05) is 12.1 Å². The van der Waals surface area contributed by atoms with E-state index in [-0.39, 0.29) is 0 Å². The number of anilines is 1. The molecule has 0 aliphatic rings. The molecule has 1 aromatic carbocycles. The van der Waals surface area contributed by atoms with Crippen molar-refractivity contribution in [3.05, 3.63) is 28.7 Å². The fourth-order valence-electron chi connectivity index (χ4n) is 1.78. The van der Waals surface area contributed by atoms with Crippen LogP contribution in [-0.4, -0.2) is 44.3 Å². The van der Waals surface area contributed by atoms with Gasteiger partial charge in [-0.05, 0) is 32.0 Å². The highest BCUT2D eigenvalue weighted by atomic mass is 79.9. The van der Waals surface area contributed by atoms with Crippen molar-refractivity contribution in [3.8, 4) is 0 Å². The molecule has 0 aromatic heterocycles. The monoisotopic (exact) mass is 314 g/mol. The lowest BCUT2D eigenvalue weighted by molar-refractivity contribution is 0.132. The van der Waals surface area contributed by atoms with Gasteiger partial charge in [-0.3, -0.25) is 4.90 Å². The molecule has 0 aliphatic heterocycles. The van der Waals surface area contributed by atoms with Gasteiger partial charge in [0.15, 0.2) is 0 Å². The van der Waals surface area contributed by atoms with Gasteiger partial charge in [-0.1, -0.05) is 22.0 Å². The van der Waals surface area contributed by atoms with Crippen LogP contribution < -0.4 is 5.32 Å². The second-order valence-electron chi connectivity index (χ2n) is 4.56. The fourth-order valence-corrected chi connectivity index (χ4v) is 2.18. The lowest BCUT2D eigenvalue weighted by Crippen LogP contribution is -2.37. The summed E-state index contributed by atoms with van der Waals surface area (Å²) in [5.74, 6) is 0. The van der Waals surface area contributed by atoms with Crippen LogP contribution >= 0.6 is 15.9 Å². The zero-order chi connectivity index (χ0) is 13.4. The molecule has 0 atom stereocenters. The lowest BCUT2D eigenvalue weighted by atomic mass is 10.3. The zero-order valence-electron chi connectivity index (χ0n) is 11.4. The van der Waals surface area contributed by atoms with Gasteiger partial charge in [0.05, 0.1) is 6.61 Å². The predicted molar refractivity (Wildman–Crippen MR) is 81.2 cm³/mol. The summed E-state index contributed by atoms with van der Waals surface area (Å²) in [4.78, 5) is 2.41. The Kier molecular flexibility index (Phi) is 7.32. The summed E-state index contributed by atoms with van der Waals surface area (Å²) < 4.78 is 6.24. The highest BCUT2D eigenvalue weighted by Crippen LogP contribution is 2.15.